The fourth-order valence-corrected chi connectivity index (χ4v) is 1.82. The summed E-state index contributed by atoms with van der Waals surface area (Å²) in [5.74, 6) is 0. The van der Waals surface area contributed by atoms with Crippen molar-refractivity contribution in [2.45, 2.75) is 12.5 Å². The number of rotatable bonds is 4. The Kier molecular flexibility index (Phi) is 5.63. The third kappa shape index (κ3) is 3.22. The van der Waals surface area contributed by atoms with Gasteiger partial charge in [-0.1, -0.05) is 11.3 Å². The van der Waals surface area contributed by atoms with Crippen molar-refractivity contribution in [3.63, 3.8) is 0 Å². The van der Waals surface area contributed by atoms with Crippen LogP contribution in [0.25, 0.3) is 0 Å². The highest BCUT2D eigenvalue weighted by Crippen LogP contribution is 2.28. The quantitative estimate of drug-likeness (QED) is 0.612. The molecule has 0 spiro atoms. The van der Waals surface area contributed by atoms with Gasteiger partial charge in [0.1, 0.15) is 0 Å². The topological polar surface area (TPSA) is 95.2 Å². The van der Waals surface area contributed by atoms with Crippen LogP contribution in [0.1, 0.15) is 17.3 Å². The molecule has 1 rings (SSSR count). The summed E-state index contributed by atoms with van der Waals surface area (Å²) in [5.41, 5.74) is 11.1. The van der Waals surface area contributed by atoms with Gasteiger partial charge in [-0.15, -0.1) is 12.4 Å². The molecule has 0 saturated carbocycles. The maximum absolute atomic E-state index is 10.3. The van der Waals surface area contributed by atoms with E-state index < -0.39 is 4.92 Å². The van der Waals surface area contributed by atoms with Gasteiger partial charge in [-0.3, -0.25) is 10.1 Å². The van der Waals surface area contributed by atoms with Gasteiger partial charge in [-0.05, 0) is 19.0 Å². The van der Waals surface area contributed by atoms with Crippen molar-refractivity contribution in [1.29, 1.82) is 0 Å². The summed E-state index contributed by atoms with van der Waals surface area (Å²) < 4.78 is 0. The zero-order chi connectivity index (χ0) is 9.84. The Hall–Kier alpha value is -0.690. The number of hydrogen-bond donors (Lipinski definition) is 2. The molecular weight excluding hydrogens is 226 g/mol. The molecule has 1 atom stereocenters. The minimum Gasteiger partial charge on any atom is -0.330 e. The first-order valence-electron chi connectivity index (χ1n) is 3.85. The summed E-state index contributed by atoms with van der Waals surface area (Å²) in [5, 5.41) is 10.5. The van der Waals surface area contributed by atoms with E-state index in [9.17, 15) is 10.1 Å². The van der Waals surface area contributed by atoms with Crippen molar-refractivity contribution in [2.24, 2.45) is 11.5 Å². The van der Waals surface area contributed by atoms with Gasteiger partial charge in [0.05, 0.1) is 4.92 Å². The summed E-state index contributed by atoms with van der Waals surface area (Å²) in [4.78, 5) is 10.7. The highest BCUT2D eigenvalue weighted by atomic mass is 35.5. The van der Waals surface area contributed by atoms with Gasteiger partial charge >= 0.3 is 5.00 Å². The Morgan fingerprint density at radius 3 is 2.64 bits per heavy atom. The van der Waals surface area contributed by atoms with E-state index in [1.54, 1.807) is 6.07 Å². The van der Waals surface area contributed by atoms with E-state index in [0.717, 1.165) is 16.2 Å². The zero-order valence-electron chi connectivity index (χ0n) is 7.38. The Balaban J connectivity index is 0.00000169. The largest absolute Gasteiger partial charge is 0.330 e. The predicted molar refractivity (Wildman–Crippen MR) is 58.8 cm³/mol. The molecule has 0 fully saturated rings. The van der Waals surface area contributed by atoms with Crippen molar-refractivity contribution in [3.8, 4) is 0 Å². The monoisotopic (exact) mass is 237 g/mol. The van der Waals surface area contributed by atoms with Gasteiger partial charge in [0.2, 0.25) is 0 Å². The van der Waals surface area contributed by atoms with Crippen LogP contribution in [0, 0.1) is 10.1 Å². The number of halogens is 1. The normalized spacial score (nSPS) is 11.9. The highest BCUT2D eigenvalue weighted by Gasteiger charge is 2.13. The molecule has 4 N–H and O–H groups in total. The minimum atomic E-state index is -0.413. The summed E-state index contributed by atoms with van der Waals surface area (Å²) in [7, 11) is 0. The second-order valence-electron chi connectivity index (χ2n) is 2.62. The Labute approximate surface area is 91.7 Å². The fourth-order valence-electron chi connectivity index (χ4n) is 0.961. The lowest BCUT2D eigenvalue weighted by molar-refractivity contribution is -0.380. The molecular formula is C7H12ClN3O2S. The smallest absolute Gasteiger partial charge is 0.324 e. The predicted octanol–water partition coefficient (Wildman–Crippen LogP) is 1.43. The lowest BCUT2D eigenvalue weighted by atomic mass is 10.2. The third-order valence-corrected chi connectivity index (χ3v) is 2.80. The van der Waals surface area contributed by atoms with E-state index >= 15 is 0 Å². The number of thiophene rings is 1. The van der Waals surface area contributed by atoms with Crippen LogP contribution in [0.15, 0.2) is 12.1 Å². The van der Waals surface area contributed by atoms with Crippen LogP contribution in [-0.2, 0) is 0 Å². The van der Waals surface area contributed by atoms with Crippen LogP contribution in [0.2, 0.25) is 0 Å². The molecule has 0 bridgehead atoms. The maximum Gasteiger partial charge on any atom is 0.324 e. The van der Waals surface area contributed by atoms with Gasteiger partial charge in [-0.25, -0.2) is 0 Å². The molecule has 0 saturated heterocycles. The van der Waals surface area contributed by atoms with Crippen LogP contribution >= 0.6 is 23.7 Å². The molecule has 1 heterocycles. The average molecular weight is 238 g/mol. The van der Waals surface area contributed by atoms with E-state index in [4.69, 9.17) is 11.5 Å². The first-order valence-corrected chi connectivity index (χ1v) is 4.66. The van der Waals surface area contributed by atoms with Crippen LogP contribution in [0.3, 0.4) is 0 Å². The summed E-state index contributed by atoms with van der Waals surface area (Å²) in [6.07, 6.45) is 0.650. The standard InChI is InChI=1S/C7H11N3O2S.ClH/c8-4-3-5(9)6-1-2-7(13-6)10(11)12;/h1-2,5H,3-4,8-9H2;1H/t5-;/m1./s1. The molecule has 0 aliphatic rings. The number of nitrogens with zero attached hydrogens (tertiary/aromatic N) is 1. The minimum absolute atomic E-state index is 0. The van der Waals surface area contributed by atoms with Gasteiger partial charge in [0, 0.05) is 17.0 Å². The SMILES string of the molecule is Cl.NCC[C@@H](N)c1ccc([N+](=O)[O-])s1. The van der Waals surface area contributed by atoms with Gasteiger partial charge in [0.15, 0.2) is 0 Å². The van der Waals surface area contributed by atoms with E-state index in [2.05, 4.69) is 0 Å². The van der Waals surface area contributed by atoms with E-state index in [0.29, 0.717) is 13.0 Å². The molecule has 0 radical (unpaired) electrons. The fraction of sp³-hybridized carbons (Fsp3) is 0.429. The molecule has 5 nitrogen and oxygen atoms in total. The molecule has 0 amide bonds. The van der Waals surface area contributed by atoms with Crippen molar-refractivity contribution >= 4 is 28.7 Å². The Morgan fingerprint density at radius 2 is 2.21 bits per heavy atom. The molecule has 0 aromatic carbocycles. The highest BCUT2D eigenvalue weighted by molar-refractivity contribution is 7.15. The first-order chi connectivity index (χ1) is 6.15. The van der Waals surface area contributed by atoms with Crippen molar-refractivity contribution in [1.82, 2.24) is 0 Å². The van der Waals surface area contributed by atoms with E-state index in [-0.39, 0.29) is 23.4 Å². The maximum atomic E-state index is 10.3. The second kappa shape index (κ2) is 5.92. The second-order valence-corrected chi connectivity index (χ2v) is 3.71. The molecule has 14 heavy (non-hydrogen) atoms. The number of nitro groups is 1. The zero-order valence-corrected chi connectivity index (χ0v) is 9.01. The molecule has 1 aromatic rings. The molecule has 0 unspecified atom stereocenters. The van der Waals surface area contributed by atoms with Crippen LogP contribution in [0.5, 0.6) is 0 Å². The summed E-state index contributed by atoms with van der Waals surface area (Å²) in [6.45, 7) is 0.493. The molecule has 80 valence electrons. The summed E-state index contributed by atoms with van der Waals surface area (Å²) >= 11 is 1.11. The molecule has 1 aromatic heterocycles. The Morgan fingerprint density at radius 1 is 1.57 bits per heavy atom. The lowest BCUT2D eigenvalue weighted by Gasteiger charge is -2.05. The average Bonchev–Trinajstić information content (AvgIpc) is 2.52. The number of nitrogens with two attached hydrogens (primary N) is 2. The van der Waals surface area contributed by atoms with Crippen LogP contribution in [-0.4, -0.2) is 11.5 Å². The first kappa shape index (κ1) is 13.3. The molecule has 0 aliphatic heterocycles. The van der Waals surface area contributed by atoms with Crippen molar-refractivity contribution < 1.29 is 4.92 Å². The van der Waals surface area contributed by atoms with Gasteiger partial charge < -0.3 is 11.5 Å². The van der Waals surface area contributed by atoms with Crippen molar-refractivity contribution in [3.05, 3.63) is 27.1 Å². The lowest BCUT2D eigenvalue weighted by Crippen LogP contribution is -2.13. The molecule has 7 heteroatoms. The third-order valence-electron chi connectivity index (χ3n) is 1.64. The van der Waals surface area contributed by atoms with Crippen LogP contribution in [0.4, 0.5) is 5.00 Å². The van der Waals surface area contributed by atoms with E-state index in [1.165, 1.54) is 6.07 Å². The van der Waals surface area contributed by atoms with Crippen LogP contribution < -0.4 is 11.5 Å². The van der Waals surface area contributed by atoms with Crippen molar-refractivity contribution in [2.75, 3.05) is 6.54 Å². The molecule has 0 aliphatic carbocycles. The van der Waals surface area contributed by atoms with E-state index in [1.807, 2.05) is 0 Å². The number of hydrogen-bond acceptors (Lipinski definition) is 5. The Bertz CT molecular complexity index is 305. The summed E-state index contributed by atoms with van der Waals surface area (Å²) in [6, 6.07) is 2.98. The van der Waals surface area contributed by atoms with Gasteiger partial charge in [-0.2, -0.15) is 0 Å². The van der Waals surface area contributed by atoms with Gasteiger partial charge in [0.25, 0.3) is 0 Å².